The van der Waals surface area contributed by atoms with Gasteiger partial charge in [0.25, 0.3) is 0 Å². The maximum absolute atomic E-state index is 10.00. The second-order valence-electron chi connectivity index (χ2n) is 5.81. The minimum Gasteiger partial charge on any atom is -0.491 e. The molecule has 0 unspecified atom stereocenters. The smallest absolute Gasteiger partial charge is 0.122 e. The van der Waals surface area contributed by atoms with Crippen LogP contribution < -0.4 is 10.1 Å². The Morgan fingerprint density at radius 2 is 2.24 bits per heavy atom. The third kappa shape index (κ3) is 4.99. The molecule has 0 aromatic heterocycles. The number of aryl methyl sites for hydroxylation is 1. The van der Waals surface area contributed by atoms with Gasteiger partial charge in [-0.3, -0.25) is 4.90 Å². The molecule has 1 aromatic carbocycles. The molecule has 0 bridgehead atoms. The molecule has 0 saturated carbocycles. The SMILES string of the molecule is CCN1CCC[C@H]1CNC[C@H](O)COc1ccccc1C. The van der Waals surface area contributed by atoms with Gasteiger partial charge in [0, 0.05) is 19.1 Å². The van der Waals surface area contributed by atoms with Crippen molar-refractivity contribution in [2.24, 2.45) is 0 Å². The van der Waals surface area contributed by atoms with Crippen molar-refractivity contribution in [3.05, 3.63) is 29.8 Å². The van der Waals surface area contributed by atoms with Crippen molar-refractivity contribution in [3.8, 4) is 5.75 Å². The number of ether oxygens (including phenoxy) is 1. The summed E-state index contributed by atoms with van der Waals surface area (Å²) in [6.45, 7) is 8.42. The molecule has 1 heterocycles. The summed E-state index contributed by atoms with van der Waals surface area (Å²) in [5.74, 6) is 0.851. The Morgan fingerprint density at radius 3 is 3.00 bits per heavy atom. The van der Waals surface area contributed by atoms with Crippen LogP contribution in [-0.2, 0) is 0 Å². The summed E-state index contributed by atoms with van der Waals surface area (Å²) in [7, 11) is 0. The van der Waals surface area contributed by atoms with Gasteiger partial charge in [-0.15, -0.1) is 0 Å². The molecule has 0 amide bonds. The van der Waals surface area contributed by atoms with Crippen LogP contribution in [0.3, 0.4) is 0 Å². The standard InChI is InChI=1S/C17H28N2O2/c1-3-19-10-6-8-15(19)11-18-12-16(20)13-21-17-9-5-4-7-14(17)2/h4-5,7,9,15-16,18,20H,3,6,8,10-13H2,1-2H3/t15-,16-/m0/s1. The average molecular weight is 292 g/mol. The number of aliphatic hydroxyl groups is 1. The van der Waals surface area contributed by atoms with E-state index in [0.717, 1.165) is 24.4 Å². The minimum atomic E-state index is -0.471. The van der Waals surface area contributed by atoms with Crippen LogP contribution in [0.4, 0.5) is 0 Å². The van der Waals surface area contributed by atoms with Crippen molar-refractivity contribution in [2.45, 2.75) is 38.8 Å². The van der Waals surface area contributed by atoms with E-state index in [1.807, 2.05) is 31.2 Å². The molecule has 2 rings (SSSR count). The quantitative estimate of drug-likeness (QED) is 0.767. The van der Waals surface area contributed by atoms with Gasteiger partial charge in [0.15, 0.2) is 0 Å². The molecule has 1 aromatic rings. The molecular formula is C17H28N2O2. The first kappa shape index (κ1) is 16.3. The summed E-state index contributed by atoms with van der Waals surface area (Å²) in [4.78, 5) is 2.50. The number of likely N-dealkylation sites (N-methyl/N-ethyl adjacent to an activating group) is 1. The van der Waals surface area contributed by atoms with Gasteiger partial charge in [-0.1, -0.05) is 25.1 Å². The number of hydrogen-bond acceptors (Lipinski definition) is 4. The summed E-state index contributed by atoms with van der Waals surface area (Å²) < 4.78 is 5.66. The lowest BCUT2D eigenvalue weighted by atomic mass is 10.2. The Balaban J connectivity index is 1.64. The van der Waals surface area contributed by atoms with Gasteiger partial charge in [-0.25, -0.2) is 0 Å². The van der Waals surface area contributed by atoms with Gasteiger partial charge in [0.05, 0.1) is 0 Å². The van der Waals surface area contributed by atoms with Crippen molar-refractivity contribution in [1.29, 1.82) is 0 Å². The lowest BCUT2D eigenvalue weighted by Crippen LogP contribution is -2.41. The molecule has 2 atom stereocenters. The van der Waals surface area contributed by atoms with Crippen molar-refractivity contribution in [1.82, 2.24) is 10.2 Å². The summed E-state index contributed by atoms with van der Waals surface area (Å²) in [5.41, 5.74) is 1.10. The fourth-order valence-corrected chi connectivity index (χ4v) is 2.92. The molecular weight excluding hydrogens is 264 g/mol. The highest BCUT2D eigenvalue weighted by molar-refractivity contribution is 5.31. The van der Waals surface area contributed by atoms with E-state index in [2.05, 4.69) is 17.1 Å². The Bertz CT molecular complexity index is 425. The Kier molecular flexibility index (Phi) is 6.49. The first-order chi connectivity index (χ1) is 10.2. The van der Waals surface area contributed by atoms with E-state index in [1.54, 1.807) is 0 Å². The number of likely N-dealkylation sites (tertiary alicyclic amines) is 1. The zero-order chi connectivity index (χ0) is 15.1. The molecule has 4 nitrogen and oxygen atoms in total. The molecule has 2 N–H and O–H groups in total. The zero-order valence-corrected chi connectivity index (χ0v) is 13.2. The molecule has 0 spiro atoms. The largest absolute Gasteiger partial charge is 0.491 e. The lowest BCUT2D eigenvalue weighted by molar-refractivity contribution is 0.104. The van der Waals surface area contributed by atoms with Crippen LogP contribution in [0.15, 0.2) is 24.3 Å². The number of rotatable bonds is 8. The lowest BCUT2D eigenvalue weighted by Gasteiger charge is -2.23. The van der Waals surface area contributed by atoms with Crippen molar-refractivity contribution in [3.63, 3.8) is 0 Å². The average Bonchev–Trinajstić information content (AvgIpc) is 2.94. The van der Waals surface area contributed by atoms with E-state index in [1.165, 1.54) is 19.4 Å². The normalized spacial score (nSPS) is 20.6. The van der Waals surface area contributed by atoms with Crippen molar-refractivity contribution >= 4 is 0 Å². The van der Waals surface area contributed by atoms with E-state index in [4.69, 9.17) is 4.74 Å². The van der Waals surface area contributed by atoms with Gasteiger partial charge in [-0.2, -0.15) is 0 Å². The van der Waals surface area contributed by atoms with Crippen LogP contribution in [0, 0.1) is 6.92 Å². The summed E-state index contributed by atoms with van der Waals surface area (Å²) in [5, 5.41) is 13.4. The Hall–Kier alpha value is -1.10. The summed E-state index contributed by atoms with van der Waals surface area (Å²) in [6, 6.07) is 8.51. The molecule has 1 fully saturated rings. The number of benzene rings is 1. The topological polar surface area (TPSA) is 44.7 Å². The van der Waals surface area contributed by atoms with E-state index in [0.29, 0.717) is 19.2 Å². The number of aliphatic hydroxyl groups excluding tert-OH is 1. The van der Waals surface area contributed by atoms with E-state index < -0.39 is 6.10 Å². The first-order valence-corrected chi connectivity index (χ1v) is 8.02. The highest BCUT2D eigenvalue weighted by Gasteiger charge is 2.22. The highest BCUT2D eigenvalue weighted by atomic mass is 16.5. The molecule has 118 valence electrons. The van der Waals surface area contributed by atoms with Crippen LogP contribution in [0.5, 0.6) is 5.75 Å². The second kappa shape index (κ2) is 8.37. The van der Waals surface area contributed by atoms with Gasteiger partial charge in [0.1, 0.15) is 18.5 Å². The molecule has 4 heteroatoms. The second-order valence-corrected chi connectivity index (χ2v) is 5.81. The first-order valence-electron chi connectivity index (χ1n) is 8.02. The van der Waals surface area contributed by atoms with Crippen molar-refractivity contribution in [2.75, 3.05) is 32.8 Å². The predicted molar refractivity (Wildman–Crippen MR) is 85.8 cm³/mol. The van der Waals surface area contributed by atoms with Crippen molar-refractivity contribution < 1.29 is 9.84 Å². The fourth-order valence-electron chi connectivity index (χ4n) is 2.92. The van der Waals surface area contributed by atoms with Crippen LogP contribution >= 0.6 is 0 Å². The summed E-state index contributed by atoms with van der Waals surface area (Å²) >= 11 is 0. The minimum absolute atomic E-state index is 0.333. The molecule has 0 aliphatic carbocycles. The third-order valence-electron chi connectivity index (χ3n) is 4.19. The van der Waals surface area contributed by atoms with Crippen LogP contribution in [0.25, 0.3) is 0 Å². The predicted octanol–water partition coefficient (Wildman–Crippen LogP) is 1.81. The van der Waals surface area contributed by atoms with Crippen LogP contribution in [0.2, 0.25) is 0 Å². The zero-order valence-electron chi connectivity index (χ0n) is 13.2. The highest BCUT2D eigenvalue weighted by Crippen LogP contribution is 2.17. The van der Waals surface area contributed by atoms with Gasteiger partial charge in [0.2, 0.25) is 0 Å². The van der Waals surface area contributed by atoms with E-state index in [-0.39, 0.29) is 0 Å². The third-order valence-corrected chi connectivity index (χ3v) is 4.19. The van der Waals surface area contributed by atoms with E-state index >= 15 is 0 Å². The number of hydrogen-bond donors (Lipinski definition) is 2. The molecule has 0 radical (unpaired) electrons. The maximum atomic E-state index is 10.00. The number of nitrogens with zero attached hydrogens (tertiary/aromatic N) is 1. The molecule has 1 saturated heterocycles. The monoisotopic (exact) mass is 292 g/mol. The number of para-hydroxylation sites is 1. The molecule has 1 aliphatic rings. The summed E-state index contributed by atoms with van der Waals surface area (Å²) in [6.07, 6.45) is 2.08. The van der Waals surface area contributed by atoms with Crippen LogP contribution in [0.1, 0.15) is 25.3 Å². The number of nitrogens with one attached hydrogen (secondary N) is 1. The van der Waals surface area contributed by atoms with Gasteiger partial charge >= 0.3 is 0 Å². The maximum Gasteiger partial charge on any atom is 0.122 e. The van der Waals surface area contributed by atoms with Crippen LogP contribution in [-0.4, -0.2) is 54.9 Å². The fraction of sp³-hybridized carbons (Fsp3) is 0.647. The molecule has 21 heavy (non-hydrogen) atoms. The Labute approximate surface area is 128 Å². The van der Waals surface area contributed by atoms with Gasteiger partial charge in [-0.05, 0) is 44.5 Å². The molecule has 1 aliphatic heterocycles. The van der Waals surface area contributed by atoms with E-state index in [9.17, 15) is 5.11 Å². The van der Waals surface area contributed by atoms with Gasteiger partial charge < -0.3 is 15.2 Å². The Morgan fingerprint density at radius 1 is 1.43 bits per heavy atom.